The Morgan fingerprint density at radius 3 is 2.59 bits per heavy atom. The molecule has 1 saturated heterocycles. The van der Waals surface area contributed by atoms with Crippen LogP contribution in [-0.4, -0.2) is 53.5 Å². The standard InChI is InChI=1S/C19H23ClN6O/c1-4-14-17-18(24-23-14)21-11-22-19(17)26-7-5-25(6-8-26)15-9-13(20)10-16(27-3)12(15)2/h9-11H,4-8H2,1-3H3,(H,21,22,23,24). The Morgan fingerprint density at radius 1 is 1.15 bits per heavy atom. The number of rotatable bonds is 4. The van der Waals surface area contributed by atoms with Crippen LogP contribution in [0.25, 0.3) is 11.0 Å². The van der Waals surface area contributed by atoms with E-state index in [1.807, 2.05) is 12.1 Å². The van der Waals surface area contributed by atoms with Crippen LogP contribution in [0.1, 0.15) is 18.2 Å². The molecule has 0 spiro atoms. The molecule has 0 radical (unpaired) electrons. The molecule has 142 valence electrons. The summed E-state index contributed by atoms with van der Waals surface area (Å²) in [7, 11) is 1.68. The molecule has 7 nitrogen and oxygen atoms in total. The Bertz CT molecular complexity index is 964. The number of piperazine rings is 1. The van der Waals surface area contributed by atoms with E-state index in [9.17, 15) is 0 Å². The number of hydrogen-bond donors (Lipinski definition) is 1. The second kappa shape index (κ2) is 7.23. The number of hydrogen-bond acceptors (Lipinski definition) is 6. The predicted octanol–water partition coefficient (Wildman–Crippen LogP) is 3.21. The van der Waals surface area contributed by atoms with Gasteiger partial charge < -0.3 is 14.5 Å². The highest BCUT2D eigenvalue weighted by Gasteiger charge is 2.24. The molecule has 2 aromatic heterocycles. The predicted molar refractivity (Wildman–Crippen MR) is 108 cm³/mol. The summed E-state index contributed by atoms with van der Waals surface area (Å²) in [5, 5.41) is 9.12. The third kappa shape index (κ3) is 3.16. The van der Waals surface area contributed by atoms with Crippen LogP contribution >= 0.6 is 11.6 Å². The number of nitrogens with zero attached hydrogens (tertiary/aromatic N) is 5. The summed E-state index contributed by atoms with van der Waals surface area (Å²) in [4.78, 5) is 13.5. The molecular weight excluding hydrogens is 364 g/mol. The first-order valence-corrected chi connectivity index (χ1v) is 9.52. The summed E-state index contributed by atoms with van der Waals surface area (Å²) in [6.45, 7) is 7.68. The smallest absolute Gasteiger partial charge is 0.160 e. The molecule has 0 atom stereocenters. The summed E-state index contributed by atoms with van der Waals surface area (Å²) >= 11 is 6.29. The maximum atomic E-state index is 6.29. The van der Waals surface area contributed by atoms with E-state index in [0.29, 0.717) is 5.02 Å². The molecule has 27 heavy (non-hydrogen) atoms. The molecule has 8 heteroatoms. The maximum Gasteiger partial charge on any atom is 0.160 e. The van der Waals surface area contributed by atoms with Gasteiger partial charge in [-0.2, -0.15) is 5.10 Å². The van der Waals surface area contributed by atoms with Crippen LogP contribution in [0.3, 0.4) is 0 Å². The monoisotopic (exact) mass is 386 g/mol. The highest BCUT2D eigenvalue weighted by atomic mass is 35.5. The summed E-state index contributed by atoms with van der Waals surface area (Å²) in [5.41, 5.74) is 4.06. The van der Waals surface area contributed by atoms with Crippen molar-refractivity contribution in [1.29, 1.82) is 0 Å². The molecule has 3 aromatic rings. The van der Waals surface area contributed by atoms with Gasteiger partial charge in [0.15, 0.2) is 5.65 Å². The van der Waals surface area contributed by atoms with Crippen molar-refractivity contribution in [1.82, 2.24) is 20.2 Å². The average Bonchev–Trinajstić information content (AvgIpc) is 3.13. The fourth-order valence-corrected chi connectivity index (χ4v) is 3.94. The van der Waals surface area contributed by atoms with E-state index in [2.05, 4.69) is 43.8 Å². The molecule has 3 heterocycles. The lowest BCUT2D eigenvalue weighted by Gasteiger charge is -2.37. The van der Waals surface area contributed by atoms with E-state index in [4.69, 9.17) is 16.3 Å². The molecule has 4 rings (SSSR count). The van der Waals surface area contributed by atoms with Crippen molar-refractivity contribution in [2.24, 2.45) is 0 Å². The van der Waals surface area contributed by atoms with Crippen molar-refractivity contribution in [3.8, 4) is 5.75 Å². The zero-order valence-electron chi connectivity index (χ0n) is 15.8. The van der Waals surface area contributed by atoms with Crippen molar-refractivity contribution in [3.05, 3.63) is 34.7 Å². The van der Waals surface area contributed by atoms with Gasteiger partial charge in [0.25, 0.3) is 0 Å². The van der Waals surface area contributed by atoms with Gasteiger partial charge in [0.1, 0.15) is 17.9 Å². The minimum atomic E-state index is 0.693. The number of aromatic nitrogens is 4. The molecule has 1 fully saturated rings. The minimum Gasteiger partial charge on any atom is -0.496 e. The second-order valence-electron chi connectivity index (χ2n) is 6.67. The number of halogens is 1. The van der Waals surface area contributed by atoms with Gasteiger partial charge >= 0.3 is 0 Å². The number of anilines is 2. The average molecular weight is 387 g/mol. The number of ether oxygens (including phenoxy) is 1. The second-order valence-corrected chi connectivity index (χ2v) is 7.11. The van der Waals surface area contributed by atoms with Crippen molar-refractivity contribution < 1.29 is 4.74 Å². The number of methoxy groups -OCH3 is 1. The molecule has 0 bridgehead atoms. The number of aromatic amines is 1. The van der Waals surface area contributed by atoms with E-state index >= 15 is 0 Å². The molecule has 0 saturated carbocycles. The lowest BCUT2D eigenvalue weighted by molar-refractivity contribution is 0.411. The number of benzene rings is 1. The number of nitrogens with one attached hydrogen (secondary N) is 1. The highest BCUT2D eigenvalue weighted by molar-refractivity contribution is 6.31. The van der Waals surface area contributed by atoms with Crippen molar-refractivity contribution in [3.63, 3.8) is 0 Å². The molecule has 0 aliphatic carbocycles. The molecule has 1 aliphatic heterocycles. The largest absolute Gasteiger partial charge is 0.496 e. The first kappa shape index (κ1) is 17.9. The third-order valence-corrected chi connectivity index (χ3v) is 5.40. The van der Waals surface area contributed by atoms with Crippen molar-refractivity contribution in [2.45, 2.75) is 20.3 Å². The molecular formula is C19H23ClN6O. The number of fused-ring (bicyclic) bond motifs is 1. The SMILES string of the molecule is CCc1n[nH]c2ncnc(N3CCN(c4cc(Cl)cc(OC)c4C)CC3)c12. The Kier molecular flexibility index (Phi) is 4.78. The summed E-state index contributed by atoms with van der Waals surface area (Å²) in [6.07, 6.45) is 2.45. The Hall–Kier alpha value is -2.54. The minimum absolute atomic E-state index is 0.693. The first-order valence-electron chi connectivity index (χ1n) is 9.14. The van der Waals surface area contributed by atoms with Crippen LogP contribution < -0.4 is 14.5 Å². The fraction of sp³-hybridized carbons (Fsp3) is 0.421. The van der Waals surface area contributed by atoms with Gasteiger partial charge in [-0.05, 0) is 25.5 Å². The van der Waals surface area contributed by atoms with Crippen LogP contribution in [0, 0.1) is 6.92 Å². The molecule has 1 aliphatic rings. The molecule has 1 N–H and O–H groups in total. The van der Waals surface area contributed by atoms with E-state index in [0.717, 1.165) is 72.1 Å². The van der Waals surface area contributed by atoms with Gasteiger partial charge in [0.2, 0.25) is 0 Å². The van der Waals surface area contributed by atoms with Crippen LogP contribution in [0.4, 0.5) is 11.5 Å². The zero-order chi connectivity index (χ0) is 19.0. The quantitative estimate of drug-likeness (QED) is 0.742. The van der Waals surface area contributed by atoms with E-state index < -0.39 is 0 Å². The summed E-state index contributed by atoms with van der Waals surface area (Å²) in [5.74, 6) is 1.79. The Labute approximate surface area is 163 Å². The van der Waals surface area contributed by atoms with Gasteiger partial charge in [-0.15, -0.1) is 0 Å². The van der Waals surface area contributed by atoms with Crippen LogP contribution in [0.15, 0.2) is 18.5 Å². The molecule has 0 unspecified atom stereocenters. The van der Waals surface area contributed by atoms with Crippen molar-refractivity contribution in [2.75, 3.05) is 43.1 Å². The molecule has 1 aromatic carbocycles. The van der Waals surface area contributed by atoms with E-state index in [-0.39, 0.29) is 0 Å². The third-order valence-electron chi connectivity index (χ3n) is 5.18. The van der Waals surface area contributed by atoms with E-state index in [1.54, 1.807) is 13.4 Å². The Morgan fingerprint density at radius 2 is 1.89 bits per heavy atom. The highest BCUT2D eigenvalue weighted by Crippen LogP contribution is 2.34. The molecule has 0 amide bonds. The number of H-pyrrole nitrogens is 1. The normalized spacial score (nSPS) is 14.8. The van der Waals surface area contributed by atoms with Gasteiger partial charge in [-0.25, -0.2) is 9.97 Å². The zero-order valence-corrected chi connectivity index (χ0v) is 16.5. The van der Waals surface area contributed by atoms with Crippen LogP contribution in [-0.2, 0) is 6.42 Å². The maximum absolute atomic E-state index is 6.29. The lowest BCUT2D eigenvalue weighted by atomic mass is 10.1. The topological polar surface area (TPSA) is 70.2 Å². The van der Waals surface area contributed by atoms with Gasteiger partial charge in [-0.1, -0.05) is 18.5 Å². The van der Waals surface area contributed by atoms with E-state index in [1.165, 1.54) is 0 Å². The number of aryl methyl sites for hydroxylation is 1. The summed E-state index contributed by atoms with van der Waals surface area (Å²) < 4.78 is 5.46. The lowest BCUT2D eigenvalue weighted by Crippen LogP contribution is -2.47. The Balaban J connectivity index is 1.59. The van der Waals surface area contributed by atoms with Gasteiger partial charge in [0, 0.05) is 42.5 Å². The van der Waals surface area contributed by atoms with Gasteiger partial charge in [0.05, 0.1) is 18.2 Å². The van der Waals surface area contributed by atoms with Crippen molar-refractivity contribution >= 4 is 34.1 Å². The van der Waals surface area contributed by atoms with Crippen LogP contribution in [0.5, 0.6) is 5.75 Å². The van der Waals surface area contributed by atoms with Gasteiger partial charge in [-0.3, -0.25) is 5.10 Å². The summed E-state index contributed by atoms with van der Waals surface area (Å²) in [6, 6.07) is 3.88. The first-order chi connectivity index (χ1) is 13.1. The fourth-order valence-electron chi connectivity index (χ4n) is 3.74. The van der Waals surface area contributed by atoms with Crippen LogP contribution in [0.2, 0.25) is 5.02 Å².